The monoisotopic (exact) mass is 447 g/mol. The number of para-hydroxylation sites is 1. The number of carbonyl (C=O) groups excluding carboxylic acids is 1. The molecule has 30 heavy (non-hydrogen) atoms. The van der Waals surface area contributed by atoms with Gasteiger partial charge in [0.05, 0.1) is 22.9 Å². The maximum atomic E-state index is 13.5. The van der Waals surface area contributed by atoms with Crippen molar-refractivity contribution in [1.29, 1.82) is 0 Å². The highest BCUT2D eigenvalue weighted by atomic mass is 35.5. The summed E-state index contributed by atoms with van der Waals surface area (Å²) < 4.78 is 6.57. The predicted octanol–water partition coefficient (Wildman–Crippen LogP) is 5.33. The smallest absolute Gasteiger partial charge is 0.263 e. The number of amides is 1. The van der Waals surface area contributed by atoms with Crippen LogP contribution in [0.3, 0.4) is 0 Å². The van der Waals surface area contributed by atoms with Crippen LogP contribution in [-0.4, -0.2) is 49.1 Å². The van der Waals surface area contributed by atoms with E-state index in [9.17, 15) is 4.79 Å². The van der Waals surface area contributed by atoms with Gasteiger partial charge in [-0.25, -0.2) is 4.98 Å². The summed E-state index contributed by atoms with van der Waals surface area (Å²) in [5.74, 6) is 0.501. The molecule has 3 aromatic rings. The summed E-state index contributed by atoms with van der Waals surface area (Å²) in [4.78, 5) is 22.5. The van der Waals surface area contributed by atoms with Crippen LogP contribution in [0.2, 0.25) is 0 Å². The van der Waals surface area contributed by atoms with E-state index in [2.05, 4.69) is 44.7 Å². The van der Waals surface area contributed by atoms with E-state index in [1.165, 1.54) is 11.1 Å². The van der Waals surface area contributed by atoms with Crippen molar-refractivity contribution < 1.29 is 9.53 Å². The van der Waals surface area contributed by atoms with Gasteiger partial charge in [-0.1, -0.05) is 43.4 Å². The minimum Gasteiger partial charge on any atom is -0.496 e. The van der Waals surface area contributed by atoms with Crippen LogP contribution in [0.15, 0.2) is 36.4 Å². The lowest BCUT2D eigenvalue weighted by atomic mass is 10.1. The van der Waals surface area contributed by atoms with E-state index < -0.39 is 0 Å². The fourth-order valence-corrected chi connectivity index (χ4v) is 4.55. The number of thiazole rings is 1. The minimum atomic E-state index is -0.0805. The molecule has 0 saturated carbocycles. The number of benzene rings is 2. The fourth-order valence-electron chi connectivity index (χ4n) is 3.51. The molecular formula is C23H30ClN3O2S. The molecule has 0 unspecified atom stereocenters. The van der Waals surface area contributed by atoms with Gasteiger partial charge in [0.15, 0.2) is 5.13 Å². The Morgan fingerprint density at radius 2 is 1.80 bits per heavy atom. The lowest BCUT2D eigenvalue weighted by Gasteiger charge is -2.25. The molecule has 7 heteroatoms. The number of aryl methyl sites for hydroxylation is 2. The number of ether oxygens (including phenoxy) is 1. The molecule has 2 aromatic carbocycles. The highest BCUT2D eigenvalue weighted by Gasteiger charge is 2.24. The van der Waals surface area contributed by atoms with E-state index in [0.717, 1.165) is 35.0 Å². The first-order valence-corrected chi connectivity index (χ1v) is 10.8. The van der Waals surface area contributed by atoms with Crippen molar-refractivity contribution in [2.45, 2.75) is 27.7 Å². The average Bonchev–Trinajstić information content (AvgIpc) is 3.14. The Hall–Kier alpha value is -2.15. The summed E-state index contributed by atoms with van der Waals surface area (Å²) in [5, 5.41) is 0.733. The normalized spacial score (nSPS) is 10.9. The van der Waals surface area contributed by atoms with Crippen molar-refractivity contribution in [3.63, 3.8) is 0 Å². The maximum Gasteiger partial charge on any atom is 0.263 e. The molecule has 0 aliphatic heterocycles. The summed E-state index contributed by atoms with van der Waals surface area (Å²) in [6, 6.07) is 11.6. The number of fused-ring (bicyclic) bond motifs is 1. The predicted molar refractivity (Wildman–Crippen MR) is 129 cm³/mol. The van der Waals surface area contributed by atoms with E-state index in [1.807, 2.05) is 24.3 Å². The van der Waals surface area contributed by atoms with Crippen LogP contribution in [0.5, 0.6) is 5.75 Å². The molecule has 5 nitrogen and oxygen atoms in total. The molecule has 1 aromatic heterocycles. The van der Waals surface area contributed by atoms with Gasteiger partial charge in [-0.2, -0.15) is 0 Å². The Morgan fingerprint density at radius 3 is 2.47 bits per heavy atom. The third-order valence-corrected chi connectivity index (χ3v) is 6.39. The summed E-state index contributed by atoms with van der Waals surface area (Å²) >= 11 is 1.58. The number of hydrogen-bond acceptors (Lipinski definition) is 5. The van der Waals surface area contributed by atoms with Crippen molar-refractivity contribution in [2.24, 2.45) is 0 Å². The van der Waals surface area contributed by atoms with Gasteiger partial charge in [-0.05, 0) is 56.3 Å². The summed E-state index contributed by atoms with van der Waals surface area (Å²) in [7, 11) is 1.59. The van der Waals surface area contributed by atoms with Crippen LogP contribution < -0.4 is 9.64 Å². The molecule has 0 aliphatic carbocycles. The molecule has 1 amide bonds. The van der Waals surface area contributed by atoms with Crippen LogP contribution in [0.4, 0.5) is 5.13 Å². The van der Waals surface area contributed by atoms with Gasteiger partial charge in [0.25, 0.3) is 5.91 Å². The van der Waals surface area contributed by atoms with E-state index in [0.29, 0.717) is 17.9 Å². The number of likely N-dealkylation sites (N-methyl/N-ethyl adjacent to an activating group) is 1. The number of rotatable bonds is 8. The molecular weight excluding hydrogens is 418 g/mol. The van der Waals surface area contributed by atoms with Gasteiger partial charge < -0.3 is 9.64 Å². The summed E-state index contributed by atoms with van der Waals surface area (Å²) in [5.41, 5.74) is 3.87. The average molecular weight is 448 g/mol. The molecule has 0 spiro atoms. The van der Waals surface area contributed by atoms with Crippen molar-refractivity contribution >= 4 is 45.0 Å². The zero-order valence-corrected chi connectivity index (χ0v) is 19.9. The molecule has 0 bridgehead atoms. The molecule has 0 fully saturated rings. The molecule has 3 rings (SSSR count). The quantitative estimate of drug-likeness (QED) is 0.468. The SMILES string of the molecule is CCN(CC)CCN(C(=O)c1ccccc1OC)c1nc2cc(C)cc(C)c2s1.Cl. The highest BCUT2D eigenvalue weighted by Crippen LogP contribution is 2.33. The largest absolute Gasteiger partial charge is 0.496 e. The van der Waals surface area contributed by atoms with Gasteiger partial charge in [0.1, 0.15) is 5.75 Å². The van der Waals surface area contributed by atoms with Crippen molar-refractivity contribution in [2.75, 3.05) is 38.2 Å². The van der Waals surface area contributed by atoms with Gasteiger partial charge in [-0.15, -0.1) is 12.4 Å². The highest BCUT2D eigenvalue weighted by molar-refractivity contribution is 7.22. The lowest BCUT2D eigenvalue weighted by molar-refractivity contribution is 0.0981. The van der Waals surface area contributed by atoms with Crippen LogP contribution in [0.1, 0.15) is 35.3 Å². The zero-order valence-electron chi connectivity index (χ0n) is 18.3. The molecule has 0 radical (unpaired) electrons. The number of hydrogen-bond donors (Lipinski definition) is 0. The molecule has 162 valence electrons. The molecule has 1 heterocycles. The minimum absolute atomic E-state index is 0. The van der Waals surface area contributed by atoms with E-state index in [1.54, 1.807) is 23.3 Å². The van der Waals surface area contributed by atoms with Crippen LogP contribution >= 0.6 is 23.7 Å². The van der Waals surface area contributed by atoms with Crippen molar-refractivity contribution in [3.8, 4) is 5.75 Å². The second-order valence-electron chi connectivity index (χ2n) is 7.11. The van der Waals surface area contributed by atoms with Gasteiger partial charge in [0.2, 0.25) is 0 Å². The number of carbonyl (C=O) groups is 1. The van der Waals surface area contributed by atoms with E-state index in [-0.39, 0.29) is 18.3 Å². The molecule has 0 aliphatic rings. The standard InChI is InChI=1S/C23H29N3O2S.ClH/c1-6-25(7-2)12-13-26(22(27)18-10-8-9-11-20(18)28-5)23-24-19-15-16(3)14-17(4)21(19)29-23;/h8-11,14-15H,6-7,12-13H2,1-5H3;1H. The van der Waals surface area contributed by atoms with Gasteiger partial charge >= 0.3 is 0 Å². The molecule has 0 saturated heterocycles. The lowest BCUT2D eigenvalue weighted by Crippen LogP contribution is -2.39. The number of methoxy groups -OCH3 is 1. The Labute approximate surface area is 189 Å². The first kappa shape index (κ1) is 24.1. The number of halogens is 1. The first-order valence-electron chi connectivity index (χ1n) is 10.0. The Morgan fingerprint density at radius 1 is 1.10 bits per heavy atom. The summed E-state index contributed by atoms with van der Waals surface area (Å²) in [6.07, 6.45) is 0. The number of anilines is 1. The van der Waals surface area contributed by atoms with Crippen molar-refractivity contribution in [3.05, 3.63) is 53.1 Å². The molecule has 0 N–H and O–H groups in total. The van der Waals surface area contributed by atoms with Gasteiger partial charge in [0, 0.05) is 13.1 Å². The van der Waals surface area contributed by atoms with Crippen LogP contribution in [-0.2, 0) is 0 Å². The van der Waals surface area contributed by atoms with Crippen molar-refractivity contribution in [1.82, 2.24) is 9.88 Å². The second kappa shape index (κ2) is 10.8. The zero-order chi connectivity index (χ0) is 21.0. The maximum absolute atomic E-state index is 13.5. The van der Waals surface area contributed by atoms with Gasteiger partial charge in [-0.3, -0.25) is 9.69 Å². The van der Waals surface area contributed by atoms with E-state index >= 15 is 0 Å². The first-order chi connectivity index (χ1) is 14.0. The third-order valence-electron chi connectivity index (χ3n) is 5.16. The topological polar surface area (TPSA) is 45.7 Å². The Balaban J connectivity index is 0.00000320. The molecule has 0 atom stereocenters. The summed E-state index contributed by atoms with van der Waals surface area (Å²) in [6.45, 7) is 11.7. The Bertz CT molecular complexity index is 1000. The number of nitrogens with zero attached hydrogens (tertiary/aromatic N) is 3. The van der Waals surface area contributed by atoms with Crippen LogP contribution in [0.25, 0.3) is 10.2 Å². The number of aromatic nitrogens is 1. The third kappa shape index (κ3) is 5.12. The fraction of sp³-hybridized carbons (Fsp3) is 0.391. The Kier molecular flexibility index (Phi) is 8.65. The van der Waals surface area contributed by atoms with E-state index in [4.69, 9.17) is 9.72 Å². The van der Waals surface area contributed by atoms with Crippen LogP contribution in [0, 0.1) is 13.8 Å². The second-order valence-corrected chi connectivity index (χ2v) is 8.09.